The van der Waals surface area contributed by atoms with Gasteiger partial charge in [-0.25, -0.2) is 0 Å². The lowest BCUT2D eigenvalue weighted by Gasteiger charge is -2.27. The minimum Gasteiger partial charge on any atom is -0.439 e. The summed E-state index contributed by atoms with van der Waals surface area (Å²) in [6, 6.07) is 17.9. The van der Waals surface area contributed by atoms with Crippen LogP contribution in [-0.2, 0) is 4.79 Å². The second-order valence-electron chi connectivity index (χ2n) is 14.5. The Morgan fingerprint density at radius 3 is 1.80 bits per heavy atom. The van der Waals surface area contributed by atoms with Crippen molar-refractivity contribution >= 4 is 62.5 Å². The molecule has 1 amide bonds. The Balaban J connectivity index is 1.52. The molecule has 5 heterocycles. The monoisotopic (exact) mass is 746 g/mol. The molecule has 1 aliphatic carbocycles. The molecule has 0 radical (unpaired) electrons. The molecule has 1 aliphatic heterocycles. The summed E-state index contributed by atoms with van der Waals surface area (Å²) in [6.07, 6.45) is 11.9. The molecule has 3 nitrogen and oxygen atoms in total. The number of fused-ring (bicyclic) bond motifs is 1. The van der Waals surface area contributed by atoms with Gasteiger partial charge >= 0.3 is 0 Å². The molecule has 7 heteroatoms. The molecule has 0 bridgehead atoms. The first-order valence-electron chi connectivity index (χ1n) is 19.1. The van der Waals surface area contributed by atoms with E-state index in [1.165, 1.54) is 71.8 Å². The first-order chi connectivity index (χ1) is 24.3. The van der Waals surface area contributed by atoms with Gasteiger partial charge in [-0.3, -0.25) is 4.79 Å². The molecule has 2 aliphatic rings. The van der Waals surface area contributed by atoms with Gasteiger partial charge in [0.15, 0.2) is 6.10 Å². The molecule has 0 spiro atoms. The topological polar surface area (TPSA) is 43.2 Å². The molecule has 268 valence electrons. The van der Waals surface area contributed by atoms with E-state index in [0.717, 1.165) is 66.8 Å². The van der Waals surface area contributed by atoms with Crippen molar-refractivity contribution in [3.63, 3.8) is 0 Å². The number of amides is 1. The van der Waals surface area contributed by atoms with Gasteiger partial charge in [-0.1, -0.05) is 72.6 Å². The highest BCUT2D eigenvalue weighted by Crippen LogP contribution is 2.51. The van der Waals surface area contributed by atoms with E-state index < -0.39 is 6.10 Å². The second kappa shape index (κ2) is 17.0. The molecule has 4 atom stereocenters. The summed E-state index contributed by atoms with van der Waals surface area (Å²) in [6.45, 7) is 14.2. The van der Waals surface area contributed by atoms with Crippen LogP contribution in [0.15, 0.2) is 59.7 Å². The van der Waals surface area contributed by atoms with Crippen molar-refractivity contribution in [2.75, 3.05) is 6.54 Å². The second-order valence-corrected chi connectivity index (χ2v) is 19.3. The molecular weight excluding hydrogens is 691 g/mol. The highest BCUT2D eigenvalue weighted by Gasteiger charge is 2.47. The van der Waals surface area contributed by atoms with Gasteiger partial charge in [-0.05, 0) is 105 Å². The van der Waals surface area contributed by atoms with E-state index >= 15 is 4.79 Å². The van der Waals surface area contributed by atoms with Crippen LogP contribution in [-0.4, -0.2) is 28.6 Å². The fourth-order valence-corrected chi connectivity index (χ4v) is 12.0. The highest BCUT2D eigenvalue weighted by atomic mass is 32.1. The van der Waals surface area contributed by atoms with Crippen molar-refractivity contribution in [1.82, 2.24) is 4.90 Å². The van der Waals surface area contributed by atoms with Crippen molar-refractivity contribution in [3.8, 4) is 19.5 Å². The summed E-state index contributed by atoms with van der Waals surface area (Å²) in [4.78, 5) is 27.4. The Hall–Kier alpha value is -2.29. The number of hydrogen-bond acceptors (Lipinski definition) is 5. The summed E-state index contributed by atoms with van der Waals surface area (Å²) >= 11 is 7.31. The van der Waals surface area contributed by atoms with Crippen molar-refractivity contribution in [1.29, 1.82) is 0 Å². The van der Waals surface area contributed by atoms with Crippen LogP contribution < -0.4 is 0 Å². The van der Waals surface area contributed by atoms with E-state index in [1.807, 2.05) is 45.3 Å². The molecule has 0 aromatic carbocycles. The van der Waals surface area contributed by atoms with Gasteiger partial charge in [-0.15, -0.1) is 45.3 Å². The zero-order chi connectivity index (χ0) is 35.4. The normalized spacial score (nSPS) is 19.4. The summed E-state index contributed by atoms with van der Waals surface area (Å²) in [5, 5.41) is 10.2. The maximum absolute atomic E-state index is 15.2. The van der Waals surface area contributed by atoms with Gasteiger partial charge < -0.3 is 10.0 Å². The first-order valence-corrected chi connectivity index (χ1v) is 22.4. The van der Waals surface area contributed by atoms with Gasteiger partial charge in [0, 0.05) is 46.6 Å². The number of rotatable bonds is 16. The van der Waals surface area contributed by atoms with E-state index in [1.54, 1.807) is 0 Å². The van der Waals surface area contributed by atoms with Crippen LogP contribution in [0.1, 0.15) is 118 Å². The predicted molar refractivity (Wildman–Crippen MR) is 222 cm³/mol. The smallest absolute Gasteiger partial charge is 0.259 e. The molecule has 0 fully saturated rings. The SMILES string of the molecule is CCCCC(CC)CC1CCC(c2ccc(-c3ccc(C)s3)s2)=C2C(=O)N(CC(CC)CCCC)C(c3ccc(-c4ccc(C)s4)s3)=C2C1[OH2+]. The number of hydrogen-bond donors (Lipinski definition) is 0. The number of carbonyl (C=O) groups is 1. The average Bonchev–Trinajstić information content (AvgIpc) is 3.96. The van der Waals surface area contributed by atoms with Gasteiger partial charge in [0.25, 0.3) is 5.91 Å². The van der Waals surface area contributed by atoms with Gasteiger partial charge in [0.1, 0.15) is 0 Å². The van der Waals surface area contributed by atoms with Crippen molar-refractivity contribution in [2.45, 2.75) is 118 Å². The maximum atomic E-state index is 15.2. The van der Waals surface area contributed by atoms with E-state index in [0.29, 0.717) is 11.8 Å². The largest absolute Gasteiger partial charge is 0.439 e. The Morgan fingerprint density at radius 1 is 0.720 bits per heavy atom. The van der Waals surface area contributed by atoms with Crippen LogP contribution in [0.2, 0.25) is 0 Å². The van der Waals surface area contributed by atoms with Gasteiger partial charge in [0.2, 0.25) is 0 Å². The standard InChI is InChI=1S/C43H55NO2S4/c1-7-11-13-29(9-3)25-31-17-18-32(33-21-22-36(49-33)34-19-15-27(5)47-34)39-40(42(31)45)41(44(43(39)46)26-30(10-4)14-12-8-2)38-24-23-37(50-38)35-20-16-28(6)48-35/h15-16,19-24,29-31,42,45H,7-14,17-18,25-26H2,1-6H3/p+1. The third-order valence-electron chi connectivity index (χ3n) is 11.0. The predicted octanol–water partition coefficient (Wildman–Crippen LogP) is 13.2. The Kier molecular flexibility index (Phi) is 12.8. The number of nitrogens with zero attached hydrogens (tertiary/aromatic N) is 1. The number of thiophene rings is 4. The molecule has 0 saturated heterocycles. The number of allylic oxidation sites excluding steroid dienone is 1. The molecule has 0 saturated carbocycles. The number of carbonyl (C=O) groups excluding carboxylic acids is 1. The maximum Gasteiger partial charge on any atom is 0.259 e. The summed E-state index contributed by atoms with van der Waals surface area (Å²) in [5.74, 6) is 1.43. The molecule has 6 rings (SSSR count). The van der Waals surface area contributed by atoms with Crippen LogP contribution in [0.25, 0.3) is 30.8 Å². The Bertz CT molecular complexity index is 1810. The van der Waals surface area contributed by atoms with Gasteiger partial charge in [0.05, 0.1) is 21.7 Å². The minimum atomic E-state index is -0.424. The van der Waals surface area contributed by atoms with Crippen LogP contribution in [0.5, 0.6) is 0 Å². The zero-order valence-electron chi connectivity index (χ0n) is 30.9. The van der Waals surface area contributed by atoms with Crippen molar-refractivity contribution in [3.05, 3.63) is 79.2 Å². The summed E-state index contributed by atoms with van der Waals surface area (Å²) in [5.41, 5.74) is 4.09. The van der Waals surface area contributed by atoms with E-state index in [9.17, 15) is 5.11 Å². The third kappa shape index (κ3) is 8.02. The van der Waals surface area contributed by atoms with Crippen LogP contribution >= 0.6 is 45.3 Å². The Labute approximate surface area is 316 Å². The molecule has 2 N–H and O–H groups in total. The lowest BCUT2D eigenvalue weighted by molar-refractivity contribution is -0.123. The molecule has 4 unspecified atom stereocenters. The van der Waals surface area contributed by atoms with Crippen molar-refractivity contribution < 1.29 is 9.90 Å². The number of unbranched alkanes of at least 4 members (excludes halogenated alkanes) is 2. The molecule has 4 aromatic rings. The van der Waals surface area contributed by atoms with E-state index in [2.05, 4.69) is 95.0 Å². The number of aryl methyl sites for hydroxylation is 2. The van der Waals surface area contributed by atoms with E-state index in [4.69, 9.17) is 0 Å². The Morgan fingerprint density at radius 2 is 1.24 bits per heavy atom. The zero-order valence-corrected chi connectivity index (χ0v) is 34.2. The van der Waals surface area contributed by atoms with E-state index in [-0.39, 0.29) is 11.8 Å². The lowest BCUT2D eigenvalue weighted by atomic mass is 9.81. The highest BCUT2D eigenvalue weighted by molar-refractivity contribution is 7.23. The van der Waals surface area contributed by atoms with Gasteiger partial charge in [-0.2, -0.15) is 0 Å². The first kappa shape index (κ1) is 37.5. The quantitative estimate of drug-likeness (QED) is 0.105. The van der Waals surface area contributed by atoms with Crippen LogP contribution in [0.3, 0.4) is 0 Å². The van der Waals surface area contributed by atoms with Crippen molar-refractivity contribution in [2.24, 2.45) is 17.8 Å². The lowest BCUT2D eigenvalue weighted by Crippen LogP contribution is -2.31. The molecule has 4 aromatic heterocycles. The minimum absolute atomic E-state index is 0.139. The molecular formula is C43H56NO2S4+. The third-order valence-corrected chi connectivity index (χ3v) is 15.6. The fraction of sp³-hybridized carbons (Fsp3) is 0.512. The van der Waals surface area contributed by atoms with Crippen LogP contribution in [0, 0.1) is 31.6 Å². The fourth-order valence-electron chi connectivity index (χ4n) is 7.96. The van der Waals surface area contributed by atoms with Crippen LogP contribution in [0.4, 0.5) is 0 Å². The summed E-state index contributed by atoms with van der Waals surface area (Å²) < 4.78 is 0. The summed E-state index contributed by atoms with van der Waals surface area (Å²) in [7, 11) is 0. The molecule has 50 heavy (non-hydrogen) atoms. The average molecular weight is 747 g/mol.